The van der Waals surface area contributed by atoms with Crippen LogP contribution in [0.1, 0.15) is 20.8 Å². The molecule has 1 atom stereocenters. The van der Waals surface area contributed by atoms with Gasteiger partial charge in [0.1, 0.15) is 11.6 Å². The molecule has 0 saturated heterocycles. The smallest absolute Gasteiger partial charge is 0.147 e. The second-order valence-electron chi connectivity index (χ2n) is 4.63. The number of pyridine rings is 1. The van der Waals surface area contributed by atoms with Crippen LogP contribution in [0.5, 0.6) is 0 Å². The maximum atomic E-state index is 6.17. The summed E-state index contributed by atoms with van der Waals surface area (Å²) in [5, 5.41) is 7.44. The molecule has 0 radical (unpaired) electrons. The summed E-state index contributed by atoms with van der Waals surface area (Å²) >= 11 is 12.3. The van der Waals surface area contributed by atoms with E-state index in [1.165, 1.54) is 0 Å². The molecule has 1 rings (SSSR count). The zero-order valence-corrected chi connectivity index (χ0v) is 13.3. The summed E-state index contributed by atoms with van der Waals surface area (Å²) in [6, 6.07) is 1.84. The van der Waals surface area contributed by atoms with Gasteiger partial charge in [-0.25, -0.2) is 4.98 Å². The van der Waals surface area contributed by atoms with Gasteiger partial charge in [0.2, 0.25) is 0 Å². The first-order valence-electron chi connectivity index (χ1n) is 6.35. The summed E-state index contributed by atoms with van der Waals surface area (Å²) < 4.78 is 5.20. The third-order valence-corrected chi connectivity index (χ3v) is 3.32. The number of aromatic nitrogens is 1. The molecule has 0 saturated carbocycles. The van der Waals surface area contributed by atoms with Crippen molar-refractivity contribution < 1.29 is 4.74 Å². The topological polar surface area (TPSA) is 46.2 Å². The molecular weight excluding hydrogens is 285 g/mol. The normalized spacial score (nSPS) is 12.6. The zero-order valence-electron chi connectivity index (χ0n) is 11.8. The summed E-state index contributed by atoms with van der Waals surface area (Å²) in [6.45, 7) is 7.56. The molecule has 1 aromatic rings. The van der Waals surface area contributed by atoms with Gasteiger partial charge in [-0.15, -0.1) is 0 Å². The predicted molar refractivity (Wildman–Crippen MR) is 82.5 cm³/mol. The molecule has 0 aliphatic heterocycles. The number of halogens is 2. The van der Waals surface area contributed by atoms with Crippen LogP contribution < -0.4 is 10.6 Å². The number of hydrogen-bond acceptors (Lipinski definition) is 4. The number of rotatable bonds is 7. The Balaban J connectivity index is 2.95. The highest BCUT2D eigenvalue weighted by Crippen LogP contribution is 2.30. The maximum Gasteiger partial charge on any atom is 0.147 e. The van der Waals surface area contributed by atoms with E-state index in [9.17, 15) is 0 Å². The quantitative estimate of drug-likeness (QED) is 0.802. The molecule has 19 heavy (non-hydrogen) atoms. The van der Waals surface area contributed by atoms with E-state index in [1.807, 2.05) is 6.92 Å². The van der Waals surface area contributed by atoms with Crippen LogP contribution in [0.25, 0.3) is 0 Å². The van der Waals surface area contributed by atoms with E-state index in [0.717, 1.165) is 6.54 Å². The lowest BCUT2D eigenvalue weighted by atomic mass is 10.1. The molecule has 0 aromatic carbocycles. The lowest BCUT2D eigenvalue weighted by molar-refractivity contribution is 0.171. The largest absolute Gasteiger partial charge is 0.383 e. The summed E-state index contributed by atoms with van der Waals surface area (Å²) in [6.07, 6.45) is 0. The molecule has 0 aliphatic rings. The number of nitrogens with zero attached hydrogens (tertiary/aromatic N) is 1. The van der Waals surface area contributed by atoms with E-state index in [1.54, 1.807) is 13.2 Å². The highest BCUT2D eigenvalue weighted by molar-refractivity contribution is 6.37. The van der Waals surface area contributed by atoms with Gasteiger partial charge in [-0.2, -0.15) is 0 Å². The van der Waals surface area contributed by atoms with Crippen LogP contribution in [-0.4, -0.2) is 31.3 Å². The van der Waals surface area contributed by atoms with Crippen LogP contribution in [0.15, 0.2) is 6.07 Å². The molecule has 4 nitrogen and oxygen atoms in total. The molecule has 0 spiro atoms. The van der Waals surface area contributed by atoms with Crippen LogP contribution in [0.4, 0.5) is 11.6 Å². The molecule has 1 unspecified atom stereocenters. The van der Waals surface area contributed by atoms with Crippen molar-refractivity contribution in [3.8, 4) is 0 Å². The van der Waals surface area contributed by atoms with Gasteiger partial charge in [0.15, 0.2) is 0 Å². The summed E-state index contributed by atoms with van der Waals surface area (Å²) in [7, 11) is 1.68. The summed E-state index contributed by atoms with van der Waals surface area (Å²) in [5.41, 5.74) is 0. The maximum absolute atomic E-state index is 6.17. The lowest BCUT2D eigenvalue weighted by Crippen LogP contribution is -2.31. The highest BCUT2D eigenvalue weighted by atomic mass is 35.5. The van der Waals surface area contributed by atoms with Crippen LogP contribution >= 0.6 is 23.2 Å². The fraction of sp³-hybridized carbons (Fsp3) is 0.615. The minimum Gasteiger partial charge on any atom is -0.383 e. The van der Waals surface area contributed by atoms with Gasteiger partial charge in [-0.3, -0.25) is 0 Å². The zero-order chi connectivity index (χ0) is 14.4. The predicted octanol–water partition coefficient (Wildman–Crippen LogP) is 3.90. The number of anilines is 2. The first-order chi connectivity index (χ1) is 8.99. The number of ether oxygens (including phenoxy) is 1. The summed E-state index contributed by atoms with van der Waals surface area (Å²) in [4.78, 5) is 4.42. The third-order valence-electron chi connectivity index (χ3n) is 2.75. The Morgan fingerprint density at radius 3 is 2.42 bits per heavy atom. The number of methoxy groups -OCH3 is 1. The molecule has 6 heteroatoms. The van der Waals surface area contributed by atoms with E-state index in [-0.39, 0.29) is 6.04 Å². The minimum absolute atomic E-state index is 0.144. The van der Waals surface area contributed by atoms with Crippen molar-refractivity contribution in [3.05, 3.63) is 16.1 Å². The van der Waals surface area contributed by atoms with Crippen molar-refractivity contribution in [2.24, 2.45) is 5.92 Å². The minimum atomic E-state index is 0.144. The van der Waals surface area contributed by atoms with Gasteiger partial charge in [0.25, 0.3) is 0 Å². The number of nitrogens with one attached hydrogen (secondary N) is 2. The molecule has 1 heterocycles. The molecular formula is C13H21Cl2N3O. The second kappa shape index (κ2) is 7.78. The fourth-order valence-corrected chi connectivity index (χ4v) is 2.10. The van der Waals surface area contributed by atoms with E-state index >= 15 is 0 Å². The van der Waals surface area contributed by atoms with E-state index < -0.39 is 0 Å². The number of hydrogen-bond donors (Lipinski definition) is 2. The van der Waals surface area contributed by atoms with Gasteiger partial charge >= 0.3 is 0 Å². The Labute approximate surface area is 124 Å². The molecule has 0 bridgehead atoms. The fourth-order valence-electron chi connectivity index (χ4n) is 1.62. The van der Waals surface area contributed by atoms with Crippen molar-refractivity contribution in [3.63, 3.8) is 0 Å². The molecule has 0 fully saturated rings. The molecule has 1 aromatic heterocycles. The second-order valence-corrected chi connectivity index (χ2v) is 5.44. The van der Waals surface area contributed by atoms with E-state index in [0.29, 0.717) is 34.2 Å². The van der Waals surface area contributed by atoms with Gasteiger partial charge in [0, 0.05) is 13.7 Å². The van der Waals surface area contributed by atoms with Crippen molar-refractivity contribution >= 4 is 34.8 Å². The van der Waals surface area contributed by atoms with Crippen LogP contribution in [0, 0.1) is 5.92 Å². The first-order valence-corrected chi connectivity index (χ1v) is 7.10. The molecule has 0 amide bonds. The summed E-state index contributed by atoms with van der Waals surface area (Å²) in [5.74, 6) is 1.66. The Bertz CT molecular complexity index is 413. The average molecular weight is 306 g/mol. The van der Waals surface area contributed by atoms with Gasteiger partial charge in [-0.05, 0) is 18.9 Å². The van der Waals surface area contributed by atoms with Crippen molar-refractivity contribution in [1.82, 2.24) is 4.98 Å². The molecule has 2 N–H and O–H groups in total. The van der Waals surface area contributed by atoms with Crippen LogP contribution in [-0.2, 0) is 4.74 Å². The van der Waals surface area contributed by atoms with Gasteiger partial charge in [0.05, 0.1) is 22.7 Å². The Hall–Kier alpha value is -0.710. The van der Waals surface area contributed by atoms with Crippen molar-refractivity contribution in [2.75, 3.05) is 30.9 Å². The Morgan fingerprint density at radius 1 is 1.26 bits per heavy atom. The van der Waals surface area contributed by atoms with Crippen molar-refractivity contribution in [1.29, 1.82) is 0 Å². The standard InChI is InChI=1S/C13H21Cl2N3O/c1-5-16-12-9(14)6-10(15)13(18-12)17-11(7-19-4)8(2)3/h6,8,11H,5,7H2,1-4H3,(H2,16,17,18). The van der Waals surface area contributed by atoms with Crippen LogP contribution in [0.3, 0.4) is 0 Å². The van der Waals surface area contributed by atoms with Gasteiger partial charge in [-0.1, -0.05) is 37.0 Å². The highest BCUT2D eigenvalue weighted by Gasteiger charge is 2.16. The Morgan fingerprint density at radius 2 is 1.89 bits per heavy atom. The van der Waals surface area contributed by atoms with E-state index in [2.05, 4.69) is 29.5 Å². The SMILES string of the molecule is CCNc1nc(NC(COC)C(C)C)c(Cl)cc1Cl. The van der Waals surface area contributed by atoms with Crippen molar-refractivity contribution in [2.45, 2.75) is 26.8 Å². The molecule has 108 valence electrons. The lowest BCUT2D eigenvalue weighted by Gasteiger charge is -2.23. The van der Waals surface area contributed by atoms with Crippen LogP contribution in [0.2, 0.25) is 10.0 Å². The molecule has 0 aliphatic carbocycles. The third kappa shape index (κ3) is 4.71. The average Bonchev–Trinajstić information content (AvgIpc) is 2.34. The first kappa shape index (κ1) is 16.3. The monoisotopic (exact) mass is 305 g/mol. The van der Waals surface area contributed by atoms with Gasteiger partial charge < -0.3 is 15.4 Å². The Kier molecular flexibility index (Phi) is 6.69. The van der Waals surface area contributed by atoms with E-state index in [4.69, 9.17) is 27.9 Å².